The van der Waals surface area contributed by atoms with Crippen molar-refractivity contribution in [3.05, 3.63) is 35.1 Å². The molecule has 25 heavy (non-hydrogen) atoms. The van der Waals surface area contributed by atoms with Crippen LogP contribution in [0, 0.1) is 4.77 Å². The van der Waals surface area contributed by atoms with Gasteiger partial charge in [0.15, 0.2) is 10.6 Å². The average Bonchev–Trinajstić information content (AvgIpc) is 3.00. The summed E-state index contributed by atoms with van der Waals surface area (Å²) in [5, 5.41) is 4.98. The molecule has 134 valence electrons. The molecule has 2 fully saturated rings. The van der Waals surface area contributed by atoms with Crippen molar-refractivity contribution in [2.45, 2.75) is 64.1 Å². The minimum atomic E-state index is 0.506. The van der Waals surface area contributed by atoms with Crippen molar-refractivity contribution < 1.29 is 0 Å². The predicted octanol–water partition coefficient (Wildman–Crippen LogP) is 5.03. The van der Waals surface area contributed by atoms with Crippen molar-refractivity contribution in [2.24, 2.45) is 0 Å². The highest BCUT2D eigenvalue weighted by molar-refractivity contribution is 7.71. The summed E-state index contributed by atoms with van der Waals surface area (Å²) >= 11 is 5.90. The van der Waals surface area contributed by atoms with Crippen LogP contribution in [-0.2, 0) is 6.67 Å². The molecule has 1 aliphatic heterocycles. The molecule has 0 spiro atoms. The first-order valence-electron chi connectivity index (χ1n) is 9.80. The van der Waals surface area contributed by atoms with Crippen LogP contribution in [0.2, 0.25) is 0 Å². The van der Waals surface area contributed by atoms with Crippen LogP contribution in [0.15, 0.2) is 30.3 Å². The van der Waals surface area contributed by atoms with Crippen molar-refractivity contribution in [1.82, 2.24) is 19.2 Å². The summed E-state index contributed by atoms with van der Waals surface area (Å²) in [7, 11) is 0. The SMILES string of the molecule is S=c1n(CN2CCCCC2)nc(-c2ccccc2)n1C1CCCCC1. The Morgan fingerprint density at radius 1 is 0.920 bits per heavy atom. The van der Waals surface area contributed by atoms with Gasteiger partial charge < -0.3 is 0 Å². The molecule has 0 radical (unpaired) electrons. The van der Waals surface area contributed by atoms with Crippen molar-refractivity contribution in [3.63, 3.8) is 0 Å². The van der Waals surface area contributed by atoms with Gasteiger partial charge in [-0.2, -0.15) is 5.10 Å². The molecule has 2 aromatic rings. The van der Waals surface area contributed by atoms with Crippen LogP contribution in [0.3, 0.4) is 0 Å². The molecule has 4 rings (SSSR count). The van der Waals surface area contributed by atoms with E-state index in [1.807, 2.05) is 0 Å². The first-order valence-corrected chi connectivity index (χ1v) is 10.2. The van der Waals surface area contributed by atoms with Gasteiger partial charge in [0.2, 0.25) is 0 Å². The zero-order valence-electron chi connectivity index (χ0n) is 14.9. The number of aromatic nitrogens is 3. The van der Waals surface area contributed by atoms with Crippen molar-refractivity contribution in [3.8, 4) is 11.4 Å². The zero-order chi connectivity index (χ0) is 17.1. The van der Waals surface area contributed by atoms with Gasteiger partial charge in [0.25, 0.3) is 0 Å². The number of piperidine rings is 1. The molecule has 1 aromatic carbocycles. The summed E-state index contributed by atoms with van der Waals surface area (Å²) in [4.78, 5) is 2.49. The van der Waals surface area contributed by atoms with Gasteiger partial charge in [-0.25, -0.2) is 4.68 Å². The number of nitrogens with zero attached hydrogens (tertiary/aromatic N) is 4. The van der Waals surface area contributed by atoms with E-state index < -0.39 is 0 Å². The predicted molar refractivity (Wildman–Crippen MR) is 104 cm³/mol. The molecule has 0 amide bonds. The number of likely N-dealkylation sites (tertiary alicyclic amines) is 1. The Morgan fingerprint density at radius 2 is 1.60 bits per heavy atom. The molecule has 0 bridgehead atoms. The fourth-order valence-corrected chi connectivity index (χ4v) is 4.59. The molecule has 5 heteroatoms. The average molecular weight is 357 g/mol. The second kappa shape index (κ2) is 7.83. The van der Waals surface area contributed by atoms with Gasteiger partial charge >= 0.3 is 0 Å². The lowest BCUT2D eigenvalue weighted by Gasteiger charge is -2.26. The van der Waals surface area contributed by atoms with Gasteiger partial charge in [0, 0.05) is 11.6 Å². The van der Waals surface area contributed by atoms with Crippen LogP contribution in [-0.4, -0.2) is 32.3 Å². The van der Waals surface area contributed by atoms with E-state index in [4.69, 9.17) is 17.3 Å². The molecular weight excluding hydrogens is 328 g/mol. The standard InChI is InChI=1S/C20H28N4S/c25-20-23(16-22-14-8-3-9-15-22)21-19(17-10-4-1-5-11-17)24(20)18-12-6-2-7-13-18/h1,4-5,10-11,18H,2-3,6-9,12-16H2. The third-order valence-corrected chi connectivity index (χ3v) is 6.03. The lowest BCUT2D eigenvalue weighted by atomic mass is 9.95. The number of rotatable bonds is 4. The molecule has 1 saturated heterocycles. The molecule has 1 aromatic heterocycles. The molecule has 0 N–H and O–H groups in total. The van der Waals surface area contributed by atoms with Gasteiger partial charge in [-0.05, 0) is 51.0 Å². The minimum Gasteiger partial charge on any atom is -0.297 e. The van der Waals surface area contributed by atoms with Crippen LogP contribution in [0.5, 0.6) is 0 Å². The monoisotopic (exact) mass is 356 g/mol. The third-order valence-electron chi connectivity index (χ3n) is 5.62. The van der Waals surface area contributed by atoms with E-state index in [0.29, 0.717) is 6.04 Å². The fraction of sp³-hybridized carbons (Fsp3) is 0.600. The maximum absolute atomic E-state index is 5.90. The summed E-state index contributed by atoms with van der Waals surface area (Å²) in [5.74, 6) is 1.05. The van der Waals surface area contributed by atoms with Crippen molar-refractivity contribution in [2.75, 3.05) is 13.1 Å². The molecular formula is C20H28N4S. The van der Waals surface area contributed by atoms with Gasteiger partial charge in [-0.3, -0.25) is 9.47 Å². The van der Waals surface area contributed by atoms with Gasteiger partial charge in [0.05, 0.1) is 6.67 Å². The molecule has 2 heterocycles. The summed E-state index contributed by atoms with van der Waals surface area (Å²) in [5.41, 5.74) is 1.18. The van der Waals surface area contributed by atoms with Crippen LogP contribution in [0.25, 0.3) is 11.4 Å². The van der Waals surface area contributed by atoms with Gasteiger partial charge in [-0.1, -0.05) is 56.0 Å². The highest BCUT2D eigenvalue weighted by atomic mass is 32.1. The Balaban J connectivity index is 1.70. The van der Waals surface area contributed by atoms with E-state index in [0.717, 1.165) is 17.3 Å². The normalized spacial score (nSPS) is 20.0. The quantitative estimate of drug-likeness (QED) is 0.719. The molecule has 1 aliphatic carbocycles. The van der Waals surface area contributed by atoms with E-state index in [9.17, 15) is 0 Å². The molecule has 2 aliphatic rings. The fourth-order valence-electron chi connectivity index (χ4n) is 4.26. The number of hydrogen-bond acceptors (Lipinski definition) is 3. The largest absolute Gasteiger partial charge is 0.297 e. The van der Waals surface area contributed by atoms with Crippen molar-refractivity contribution >= 4 is 12.2 Å². The third kappa shape index (κ3) is 3.72. The lowest BCUT2D eigenvalue weighted by molar-refractivity contribution is 0.171. The van der Waals surface area contributed by atoms with E-state index in [1.165, 1.54) is 70.0 Å². The summed E-state index contributed by atoms with van der Waals surface area (Å²) < 4.78 is 5.32. The van der Waals surface area contributed by atoms with Crippen LogP contribution < -0.4 is 0 Å². The Hall–Kier alpha value is -1.46. The Morgan fingerprint density at radius 3 is 2.32 bits per heavy atom. The molecule has 0 unspecified atom stereocenters. The van der Waals surface area contributed by atoms with E-state index >= 15 is 0 Å². The van der Waals surface area contributed by atoms with E-state index in [2.05, 4.69) is 44.5 Å². The summed E-state index contributed by atoms with van der Waals surface area (Å²) in [6.45, 7) is 3.16. The Labute approximate surface area is 155 Å². The molecule has 1 saturated carbocycles. The maximum atomic E-state index is 5.90. The van der Waals surface area contributed by atoms with E-state index in [1.54, 1.807) is 0 Å². The van der Waals surface area contributed by atoms with Crippen molar-refractivity contribution in [1.29, 1.82) is 0 Å². The summed E-state index contributed by atoms with van der Waals surface area (Å²) in [6, 6.07) is 11.1. The molecule has 0 atom stereocenters. The van der Waals surface area contributed by atoms with Crippen LogP contribution in [0.1, 0.15) is 57.4 Å². The van der Waals surface area contributed by atoms with Crippen LogP contribution in [0.4, 0.5) is 0 Å². The Kier molecular flexibility index (Phi) is 5.32. The van der Waals surface area contributed by atoms with Gasteiger partial charge in [0.1, 0.15) is 0 Å². The second-order valence-electron chi connectivity index (χ2n) is 7.45. The topological polar surface area (TPSA) is 26.0 Å². The second-order valence-corrected chi connectivity index (χ2v) is 7.82. The maximum Gasteiger partial charge on any atom is 0.199 e. The smallest absolute Gasteiger partial charge is 0.199 e. The minimum absolute atomic E-state index is 0.506. The molecule has 4 nitrogen and oxygen atoms in total. The van der Waals surface area contributed by atoms with Crippen LogP contribution >= 0.6 is 12.2 Å². The number of benzene rings is 1. The highest BCUT2D eigenvalue weighted by Gasteiger charge is 2.23. The van der Waals surface area contributed by atoms with E-state index in [-0.39, 0.29) is 0 Å². The lowest BCUT2D eigenvalue weighted by Crippen LogP contribution is -2.32. The highest BCUT2D eigenvalue weighted by Crippen LogP contribution is 2.32. The zero-order valence-corrected chi connectivity index (χ0v) is 15.8. The Bertz CT molecular complexity index is 737. The van der Waals surface area contributed by atoms with Gasteiger partial charge in [-0.15, -0.1) is 0 Å². The summed E-state index contributed by atoms with van der Waals surface area (Å²) in [6.07, 6.45) is 10.4. The first-order chi connectivity index (χ1) is 12.3. The number of hydrogen-bond donors (Lipinski definition) is 0. The first kappa shape index (κ1) is 17.0.